The van der Waals surface area contributed by atoms with Gasteiger partial charge in [0.05, 0.1) is 46.7 Å². The average molecular weight is 536 g/mol. The summed E-state index contributed by atoms with van der Waals surface area (Å²) in [5.41, 5.74) is 3.22. The molecule has 38 heavy (non-hydrogen) atoms. The fraction of sp³-hybridized carbons (Fsp3) is 0.308. The molecule has 1 unspecified atom stereocenters. The minimum Gasteiger partial charge on any atom is -0.494 e. The molecule has 1 atom stereocenters. The van der Waals surface area contributed by atoms with Gasteiger partial charge in [0.1, 0.15) is 23.8 Å². The Morgan fingerprint density at radius 1 is 1.37 bits per heavy atom. The first-order valence-electron chi connectivity index (χ1n) is 12.3. The fourth-order valence-electron chi connectivity index (χ4n) is 5.22. The molecule has 0 radical (unpaired) electrons. The molecular formula is C26H26ClN7O4. The molecule has 0 saturated carbocycles. The van der Waals surface area contributed by atoms with Crippen molar-refractivity contribution in [1.82, 2.24) is 19.9 Å². The van der Waals surface area contributed by atoms with Crippen LogP contribution in [0.1, 0.15) is 6.42 Å². The van der Waals surface area contributed by atoms with Crippen LogP contribution in [0.3, 0.4) is 0 Å². The fourth-order valence-corrected chi connectivity index (χ4v) is 5.41. The van der Waals surface area contributed by atoms with Crippen molar-refractivity contribution in [3.05, 3.63) is 57.9 Å². The van der Waals surface area contributed by atoms with Gasteiger partial charge in [-0.3, -0.25) is 10.1 Å². The summed E-state index contributed by atoms with van der Waals surface area (Å²) in [6.45, 7) is 2.95. The summed E-state index contributed by atoms with van der Waals surface area (Å²) >= 11 is 6.57. The molecule has 0 spiro atoms. The Bertz CT molecular complexity index is 1550. The number of rotatable bonds is 7. The SMILES string of the molecule is COc1cc(N(C)C2CCNC2)c([N+](=O)[O-])cc1Nc1ncc(Cl)c(-c2cn3c4c(cccc24)OCC3)n1. The van der Waals surface area contributed by atoms with Crippen LogP contribution in [0.25, 0.3) is 22.2 Å². The lowest BCUT2D eigenvalue weighted by Crippen LogP contribution is -2.33. The molecule has 4 aromatic rings. The van der Waals surface area contributed by atoms with Crippen molar-refractivity contribution < 1.29 is 14.4 Å². The predicted molar refractivity (Wildman–Crippen MR) is 146 cm³/mol. The number of ether oxygens (including phenoxy) is 2. The van der Waals surface area contributed by atoms with Crippen LogP contribution in [-0.2, 0) is 6.54 Å². The summed E-state index contributed by atoms with van der Waals surface area (Å²) in [6, 6.07) is 9.19. The van der Waals surface area contributed by atoms with E-state index in [0.29, 0.717) is 34.4 Å². The lowest BCUT2D eigenvalue weighted by Gasteiger charge is -2.26. The number of anilines is 3. The predicted octanol–water partition coefficient (Wildman–Crippen LogP) is 4.60. The second-order valence-corrected chi connectivity index (χ2v) is 9.72. The quantitative estimate of drug-likeness (QED) is 0.258. The lowest BCUT2D eigenvalue weighted by atomic mass is 10.1. The van der Waals surface area contributed by atoms with E-state index >= 15 is 0 Å². The molecule has 12 heteroatoms. The number of halogens is 1. The van der Waals surface area contributed by atoms with Crippen molar-refractivity contribution in [2.45, 2.75) is 19.0 Å². The molecule has 2 aliphatic heterocycles. The van der Waals surface area contributed by atoms with Crippen LogP contribution in [-0.4, -0.2) is 59.4 Å². The van der Waals surface area contributed by atoms with Gasteiger partial charge in [-0.1, -0.05) is 23.7 Å². The molecule has 0 aliphatic carbocycles. The van der Waals surface area contributed by atoms with Gasteiger partial charge < -0.3 is 29.6 Å². The van der Waals surface area contributed by atoms with E-state index in [-0.39, 0.29) is 22.6 Å². The number of para-hydroxylation sites is 1. The Morgan fingerprint density at radius 3 is 3.00 bits per heavy atom. The van der Waals surface area contributed by atoms with Gasteiger partial charge in [-0.05, 0) is 19.0 Å². The van der Waals surface area contributed by atoms with Gasteiger partial charge in [-0.2, -0.15) is 0 Å². The molecule has 11 nitrogen and oxygen atoms in total. The number of nitrogens with one attached hydrogen (secondary N) is 2. The molecule has 2 aromatic heterocycles. The summed E-state index contributed by atoms with van der Waals surface area (Å²) in [4.78, 5) is 22.6. The zero-order chi connectivity index (χ0) is 26.4. The second-order valence-electron chi connectivity index (χ2n) is 9.31. The van der Waals surface area contributed by atoms with Crippen molar-refractivity contribution in [3.8, 4) is 22.8 Å². The highest BCUT2D eigenvalue weighted by atomic mass is 35.5. The minimum atomic E-state index is -0.386. The molecule has 2 N–H and O–H groups in total. The largest absolute Gasteiger partial charge is 0.494 e. The van der Waals surface area contributed by atoms with Gasteiger partial charge in [-0.15, -0.1) is 0 Å². The molecule has 196 valence electrons. The standard InChI is InChI=1S/C26H26ClN7O4/c1-32(15-6-7-28-12-15)20-11-23(37-2)19(10-21(20)34(35)36)30-26-29-13-18(27)24(31-26)17-14-33-8-9-38-22-5-3-4-16(17)25(22)33/h3-5,10-11,13-15,28H,6-9,12H2,1-2H3,(H,29,30,31). The van der Waals surface area contributed by atoms with E-state index in [1.807, 2.05) is 36.3 Å². The number of nitrogens with zero attached hydrogens (tertiary/aromatic N) is 5. The van der Waals surface area contributed by atoms with Gasteiger partial charge in [-0.25, -0.2) is 9.97 Å². The van der Waals surface area contributed by atoms with E-state index in [1.54, 1.807) is 6.07 Å². The third kappa shape index (κ3) is 4.13. The van der Waals surface area contributed by atoms with E-state index in [2.05, 4.69) is 20.2 Å². The van der Waals surface area contributed by atoms with E-state index in [1.165, 1.54) is 19.4 Å². The van der Waals surface area contributed by atoms with Gasteiger partial charge in [0.15, 0.2) is 0 Å². The zero-order valence-electron chi connectivity index (χ0n) is 20.9. The monoisotopic (exact) mass is 535 g/mol. The average Bonchev–Trinajstić information content (AvgIpc) is 3.59. The maximum atomic E-state index is 12.1. The molecule has 2 aliphatic rings. The normalized spacial score (nSPS) is 16.3. The van der Waals surface area contributed by atoms with E-state index in [0.717, 1.165) is 48.3 Å². The molecular weight excluding hydrogens is 510 g/mol. The number of benzene rings is 2. The number of nitro benzene ring substituents is 1. The molecule has 0 bridgehead atoms. The van der Waals surface area contributed by atoms with Crippen molar-refractivity contribution in [2.24, 2.45) is 0 Å². The van der Waals surface area contributed by atoms with Gasteiger partial charge in [0.25, 0.3) is 5.69 Å². The van der Waals surface area contributed by atoms with E-state index in [4.69, 9.17) is 26.1 Å². The molecule has 1 fully saturated rings. The third-order valence-electron chi connectivity index (χ3n) is 7.15. The highest BCUT2D eigenvalue weighted by Gasteiger charge is 2.28. The molecule has 2 aromatic carbocycles. The van der Waals surface area contributed by atoms with Crippen LogP contribution in [0.15, 0.2) is 42.7 Å². The summed E-state index contributed by atoms with van der Waals surface area (Å²) in [7, 11) is 3.39. The Kier molecular flexibility index (Phi) is 6.16. The number of likely N-dealkylation sites (N-methyl/N-ethyl adjacent to an activating group) is 1. The zero-order valence-corrected chi connectivity index (χ0v) is 21.7. The maximum Gasteiger partial charge on any atom is 0.294 e. The third-order valence-corrected chi connectivity index (χ3v) is 7.43. The molecule has 6 rings (SSSR count). The van der Waals surface area contributed by atoms with E-state index in [9.17, 15) is 10.1 Å². The Labute approximate surface area is 223 Å². The molecule has 1 saturated heterocycles. The minimum absolute atomic E-state index is 0.0362. The van der Waals surface area contributed by atoms with Gasteiger partial charge >= 0.3 is 0 Å². The lowest BCUT2D eigenvalue weighted by molar-refractivity contribution is -0.384. The first kappa shape index (κ1) is 24.3. The number of nitro groups is 1. The topological polar surface area (TPSA) is 120 Å². The van der Waals surface area contributed by atoms with Crippen molar-refractivity contribution >= 4 is 45.5 Å². The van der Waals surface area contributed by atoms with E-state index < -0.39 is 0 Å². The first-order chi connectivity index (χ1) is 18.4. The van der Waals surface area contributed by atoms with Crippen LogP contribution < -0.4 is 25.0 Å². The number of aromatic nitrogens is 3. The van der Waals surface area contributed by atoms with Crippen LogP contribution in [0.2, 0.25) is 5.02 Å². The van der Waals surface area contributed by atoms with Gasteiger partial charge in [0, 0.05) is 48.9 Å². The Morgan fingerprint density at radius 2 is 2.24 bits per heavy atom. The maximum absolute atomic E-state index is 12.1. The van der Waals surface area contributed by atoms with Crippen molar-refractivity contribution in [2.75, 3.05) is 44.1 Å². The van der Waals surface area contributed by atoms with Crippen LogP contribution in [0.4, 0.5) is 23.0 Å². The van der Waals surface area contributed by atoms with Gasteiger partial charge in [0.2, 0.25) is 5.95 Å². The highest BCUT2D eigenvalue weighted by molar-refractivity contribution is 6.33. The van der Waals surface area contributed by atoms with Crippen LogP contribution in [0.5, 0.6) is 11.5 Å². The summed E-state index contributed by atoms with van der Waals surface area (Å²) in [6.07, 6.45) is 4.44. The summed E-state index contributed by atoms with van der Waals surface area (Å²) in [5, 5.41) is 19.8. The number of methoxy groups -OCH3 is 1. The summed E-state index contributed by atoms with van der Waals surface area (Å²) < 4.78 is 13.6. The van der Waals surface area contributed by atoms with Crippen LogP contribution in [0, 0.1) is 10.1 Å². The number of hydrogen-bond acceptors (Lipinski definition) is 9. The number of hydrogen-bond donors (Lipinski definition) is 2. The highest BCUT2D eigenvalue weighted by Crippen LogP contribution is 2.41. The molecule has 0 amide bonds. The van der Waals surface area contributed by atoms with Crippen LogP contribution >= 0.6 is 11.6 Å². The Hall–Kier alpha value is -4.09. The van der Waals surface area contributed by atoms with Crippen molar-refractivity contribution in [3.63, 3.8) is 0 Å². The smallest absolute Gasteiger partial charge is 0.294 e. The van der Waals surface area contributed by atoms with Crippen molar-refractivity contribution in [1.29, 1.82) is 0 Å². The first-order valence-corrected chi connectivity index (χ1v) is 12.7. The molecule has 4 heterocycles. The summed E-state index contributed by atoms with van der Waals surface area (Å²) in [5.74, 6) is 1.49. The Balaban J connectivity index is 1.39. The second kappa shape index (κ2) is 9.66.